The Morgan fingerprint density at radius 3 is 1.77 bits per heavy atom. The first-order chi connectivity index (χ1) is 20.7. The van der Waals surface area contributed by atoms with Crippen LogP contribution in [0.25, 0.3) is 33.8 Å². The van der Waals surface area contributed by atoms with Gasteiger partial charge in [-0.2, -0.15) is 0 Å². The predicted octanol–water partition coefficient (Wildman–Crippen LogP) is 6.03. The maximum absolute atomic E-state index is 13.5. The van der Waals surface area contributed by atoms with Crippen LogP contribution in [0.15, 0.2) is 92.9 Å². The molecule has 0 radical (unpaired) electrons. The van der Waals surface area contributed by atoms with Crippen molar-refractivity contribution in [1.29, 1.82) is 0 Å². The number of nitrogens with one attached hydrogen (secondary N) is 4. The van der Waals surface area contributed by atoms with Crippen LogP contribution in [0, 0.1) is 24.0 Å². The number of hydrogen-bond acceptors (Lipinski definition) is 6. The van der Waals surface area contributed by atoms with Crippen LogP contribution < -0.4 is 15.9 Å². The molecule has 0 aliphatic heterocycles. The van der Waals surface area contributed by atoms with Crippen molar-refractivity contribution in [3.8, 4) is 39.6 Å². The smallest absolute Gasteiger partial charge is 0.284 e. The molecular weight excluding hydrogens is 550 g/mol. The number of aryl methyl sites for hydroxylation is 2. The van der Waals surface area contributed by atoms with Gasteiger partial charge in [0, 0.05) is 0 Å². The molecule has 0 saturated carbocycles. The molecule has 0 saturated heterocycles. The number of rotatable bonds is 8. The highest BCUT2D eigenvalue weighted by molar-refractivity contribution is 5.73. The molecule has 6 rings (SSSR count). The SMILES string of the molecule is COc1ccc(-c2ccc(C(c3c(-c4ccc(C)cc4)[nH][nH]c3=O)c3c(-c4ccc(C)cc4)[nH][nH]c3=O)o2)c([N+](=O)[O-])c1. The molecule has 6 aromatic rings. The summed E-state index contributed by atoms with van der Waals surface area (Å²) in [6.07, 6.45) is 0. The number of furan rings is 1. The van der Waals surface area contributed by atoms with Gasteiger partial charge in [-0.3, -0.25) is 40.1 Å². The van der Waals surface area contributed by atoms with Gasteiger partial charge in [-0.1, -0.05) is 59.7 Å². The van der Waals surface area contributed by atoms with E-state index in [2.05, 4.69) is 20.4 Å². The van der Waals surface area contributed by atoms with E-state index in [4.69, 9.17) is 9.15 Å². The summed E-state index contributed by atoms with van der Waals surface area (Å²) in [6.45, 7) is 3.92. The topological polar surface area (TPSA) is 163 Å². The fourth-order valence-electron chi connectivity index (χ4n) is 5.26. The van der Waals surface area contributed by atoms with Crippen molar-refractivity contribution in [2.75, 3.05) is 7.11 Å². The average molecular weight is 578 g/mol. The molecule has 11 nitrogen and oxygen atoms in total. The van der Waals surface area contributed by atoms with Crippen molar-refractivity contribution in [3.63, 3.8) is 0 Å². The number of hydrogen-bond donors (Lipinski definition) is 4. The molecule has 0 spiro atoms. The van der Waals surface area contributed by atoms with Gasteiger partial charge in [0.1, 0.15) is 17.3 Å². The molecule has 3 aromatic heterocycles. The maximum atomic E-state index is 13.5. The lowest BCUT2D eigenvalue weighted by atomic mass is 9.86. The maximum Gasteiger partial charge on any atom is 0.284 e. The van der Waals surface area contributed by atoms with Crippen LogP contribution in [0.3, 0.4) is 0 Å². The molecular formula is C32H27N5O6. The van der Waals surface area contributed by atoms with E-state index in [1.807, 2.05) is 62.4 Å². The van der Waals surface area contributed by atoms with Gasteiger partial charge in [-0.25, -0.2) is 0 Å². The monoisotopic (exact) mass is 577 g/mol. The number of nitrogens with zero attached hydrogens (tertiary/aromatic N) is 1. The lowest BCUT2D eigenvalue weighted by Gasteiger charge is -2.15. The number of benzene rings is 3. The molecule has 11 heteroatoms. The summed E-state index contributed by atoms with van der Waals surface area (Å²) in [5, 5.41) is 23.2. The zero-order valence-electron chi connectivity index (χ0n) is 23.5. The lowest BCUT2D eigenvalue weighted by Crippen LogP contribution is -2.19. The van der Waals surface area contributed by atoms with E-state index in [9.17, 15) is 19.7 Å². The Kier molecular flexibility index (Phi) is 6.90. The van der Waals surface area contributed by atoms with Crippen LogP contribution in [0.1, 0.15) is 33.9 Å². The van der Waals surface area contributed by atoms with Crippen LogP contribution in [-0.4, -0.2) is 32.4 Å². The Morgan fingerprint density at radius 1 is 0.744 bits per heavy atom. The van der Waals surface area contributed by atoms with E-state index >= 15 is 0 Å². The van der Waals surface area contributed by atoms with E-state index in [1.165, 1.54) is 19.2 Å². The number of methoxy groups -OCH3 is 1. The van der Waals surface area contributed by atoms with Crippen LogP contribution in [-0.2, 0) is 0 Å². The minimum atomic E-state index is -0.997. The zero-order valence-corrected chi connectivity index (χ0v) is 23.5. The summed E-state index contributed by atoms with van der Waals surface area (Å²) < 4.78 is 11.5. The molecule has 0 amide bonds. The van der Waals surface area contributed by atoms with Crippen LogP contribution in [0.5, 0.6) is 5.75 Å². The number of aromatic amines is 4. The number of aromatic nitrogens is 4. The van der Waals surface area contributed by atoms with Gasteiger partial charge < -0.3 is 9.15 Å². The fraction of sp³-hybridized carbons (Fsp3) is 0.125. The van der Waals surface area contributed by atoms with Gasteiger partial charge in [-0.05, 0) is 49.2 Å². The molecule has 0 fully saturated rings. The number of nitro groups is 1. The van der Waals surface area contributed by atoms with Crippen molar-refractivity contribution in [3.05, 3.63) is 138 Å². The molecule has 0 aliphatic carbocycles. The van der Waals surface area contributed by atoms with Gasteiger partial charge in [0.05, 0.1) is 52.1 Å². The molecule has 0 aliphatic rings. The van der Waals surface area contributed by atoms with Gasteiger partial charge in [0.25, 0.3) is 16.8 Å². The summed E-state index contributed by atoms with van der Waals surface area (Å²) in [7, 11) is 1.43. The Morgan fingerprint density at radius 2 is 1.28 bits per heavy atom. The molecule has 0 bridgehead atoms. The van der Waals surface area contributed by atoms with Gasteiger partial charge in [-0.15, -0.1) is 0 Å². The summed E-state index contributed by atoms with van der Waals surface area (Å²) in [6, 6.07) is 22.9. The van der Waals surface area contributed by atoms with E-state index in [-0.39, 0.29) is 33.9 Å². The van der Waals surface area contributed by atoms with Crippen LogP contribution in [0.4, 0.5) is 5.69 Å². The molecule has 3 heterocycles. The summed E-state index contributed by atoms with van der Waals surface area (Å²) >= 11 is 0. The fourth-order valence-corrected chi connectivity index (χ4v) is 5.26. The summed E-state index contributed by atoms with van der Waals surface area (Å²) in [4.78, 5) is 38.5. The molecule has 4 N–H and O–H groups in total. The quantitative estimate of drug-likeness (QED) is 0.128. The minimum absolute atomic E-state index is 0.196. The molecule has 0 atom stereocenters. The van der Waals surface area contributed by atoms with Crippen molar-refractivity contribution >= 4 is 5.69 Å². The summed E-state index contributed by atoms with van der Waals surface area (Å²) in [5.74, 6) is -0.231. The first kappa shape index (κ1) is 27.3. The Labute approximate surface area is 244 Å². The van der Waals surface area contributed by atoms with E-state index in [0.29, 0.717) is 17.1 Å². The summed E-state index contributed by atoms with van der Waals surface area (Å²) in [5.41, 5.74) is 4.15. The third kappa shape index (κ3) is 4.97. The second-order valence-corrected chi connectivity index (χ2v) is 10.2. The first-order valence-corrected chi connectivity index (χ1v) is 13.4. The Hall–Kier alpha value is -5.84. The van der Waals surface area contributed by atoms with Crippen molar-refractivity contribution in [1.82, 2.24) is 20.4 Å². The van der Waals surface area contributed by atoms with Crippen LogP contribution >= 0.6 is 0 Å². The van der Waals surface area contributed by atoms with Gasteiger partial charge in [0.15, 0.2) is 0 Å². The standard InChI is InChI=1S/C32H27N5O6/c1-17-4-8-19(9-5-17)29-27(31(38)35-33-29)26(28-30(34-36-32(28)39)20-10-6-18(2)7-11-20)25-15-14-24(43-25)22-13-12-21(42-3)16-23(22)37(40)41/h4-16,26H,1-3H3,(H2,33,35,38)(H2,34,36,39). The van der Waals surface area contributed by atoms with E-state index in [0.717, 1.165) is 22.3 Å². The highest BCUT2D eigenvalue weighted by Gasteiger charge is 2.34. The highest BCUT2D eigenvalue weighted by atomic mass is 16.6. The molecule has 216 valence electrons. The number of H-pyrrole nitrogens is 4. The first-order valence-electron chi connectivity index (χ1n) is 13.4. The van der Waals surface area contributed by atoms with Gasteiger partial charge >= 0.3 is 0 Å². The molecule has 0 unspecified atom stereocenters. The largest absolute Gasteiger partial charge is 0.497 e. The Balaban J connectivity index is 1.60. The third-order valence-corrected chi connectivity index (χ3v) is 7.47. The molecule has 43 heavy (non-hydrogen) atoms. The average Bonchev–Trinajstić information content (AvgIpc) is 3.74. The normalized spacial score (nSPS) is 11.3. The van der Waals surface area contributed by atoms with E-state index in [1.54, 1.807) is 18.2 Å². The van der Waals surface area contributed by atoms with E-state index < -0.39 is 22.0 Å². The highest BCUT2D eigenvalue weighted by Crippen LogP contribution is 2.41. The second kappa shape index (κ2) is 10.9. The number of ether oxygens (including phenoxy) is 1. The number of nitro benzene ring substituents is 1. The third-order valence-electron chi connectivity index (χ3n) is 7.47. The van der Waals surface area contributed by atoms with Crippen molar-refractivity contribution < 1.29 is 14.1 Å². The van der Waals surface area contributed by atoms with Crippen molar-refractivity contribution in [2.45, 2.75) is 19.8 Å². The molecule has 3 aromatic carbocycles. The van der Waals surface area contributed by atoms with Gasteiger partial charge in [0.2, 0.25) is 0 Å². The zero-order chi connectivity index (χ0) is 30.2. The Bertz CT molecular complexity index is 1960. The predicted molar refractivity (Wildman–Crippen MR) is 161 cm³/mol. The van der Waals surface area contributed by atoms with Crippen molar-refractivity contribution in [2.24, 2.45) is 0 Å². The minimum Gasteiger partial charge on any atom is -0.497 e. The van der Waals surface area contributed by atoms with Crippen LogP contribution in [0.2, 0.25) is 0 Å². The lowest BCUT2D eigenvalue weighted by molar-refractivity contribution is -0.384. The second-order valence-electron chi connectivity index (χ2n) is 10.2.